The number of rotatable bonds is 2. The smallest absolute Gasteiger partial charge is 0.175 e. The molecule has 0 saturated carbocycles. The molecule has 0 spiro atoms. The van der Waals surface area contributed by atoms with E-state index in [1.165, 1.54) is 7.11 Å². The van der Waals surface area contributed by atoms with E-state index in [2.05, 4.69) is 10.2 Å². The maximum Gasteiger partial charge on any atom is 0.175 e. The molecule has 0 bridgehead atoms. The predicted molar refractivity (Wildman–Crippen MR) is 64.7 cm³/mol. The van der Waals surface area contributed by atoms with Crippen LogP contribution in [0.1, 0.15) is 5.56 Å². The standard InChI is InChI=1S/C11H11ClFN3O/c1-5-3-6(7-4-8(14)16-15-7)10(13)11(17-2)9(5)12/h3-4H,1-2H3,(H3,14,15,16). The topological polar surface area (TPSA) is 63.9 Å². The van der Waals surface area contributed by atoms with Gasteiger partial charge in [0.2, 0.25) is 0 Å². The molecule has 0 radical (unpaired) electrons. The van der Waals surface area contributed by atoms with Gasteiger partial charge < -0.3 is 10.5 Å². The molecule has 1 heterocycles. The molecule has 90 valence electrons. The van der Waals surface area contributed by atoms with Crippen molar-refractivity contribution in [2.45, 2.75) is 6.92 Å². The SMILES string of the molecule is COc1c(F)c(-c2cc(N)n[nH]2)cc(C)c1Cl. The molecule has 0 saturated heterocycles. The van der Waals surface area contributed by atoms with Crippen LogP contribution in [0, 0.1) is 12.7 Å². The van der Waals surface area contributed by atoms with Crippen LogP contribution in [-0.2, 0) is 0 Å². The molecule has 1 aromatic carbocycles. The highest BCUT2D eigenvalue weighted by molar-refractivity contribution is 6.33. The summed E-state index contributed by atoms with van der Waals surface area (Å²) < 4.78 is 19.1. The molecule has 0 fully saturated rings. The van der Waals surface area contributed by atoms with Crippen LogP contribution >= 0.6 is 11.6 Å². The third-order valence-corrected chi connectivity index (χ3v) is 2.90. The van der Waals surface area contributed by atoms with Gasteiger partial charge in [0.05, 0.1) is 17.8 Å². The molecule has 3 N–H and O–H groups in total. The van der Waals surface area contributed by atoms with Crippen molar-refractivity contribution in [2.75, 3.05) is 12.8 Å². The lowest BCUT2D eigenvalue weighted by atomic mass is 10.1. The molecule has 0 aliphatic carbocycles. The number of halogens is 2. The highest BCUT2D eigenvalue weighted by Crippen LogP contribution is 2.37. The van der Waals surface area contributed by atoms with E-state index < -0.39 is 5.82 Å². The number of aromatic nitrogens is 2. The minimum atomic E-state index is -0.535. The van der Waals surface area contributed by atoms with Gasteiger partial charge in [-0.2, -0.15) is 5.10 Å². The van der Waals surface area contributed by atoms with Crippen molar-refractivity contribution in [3.8, 4) is 17.0 Å². The van der Waals surface area contributed by atoms with Crippen LogP contribution in [0.5, 0.6) is 5.75 Å². The summed E-state index contributed by atoms with van der Waals surface area (Å²) in [5, 5.41) is 6.67. The van der Waals surface area contributed by atoms with E-state index in [9.17, 15) is 4.39 Å². The molecule has 2 aromatic rings. The quantitative estimate of drug-likeness (QED) is 0.867. The highest BCUT2D eigenvalue weighted by atomic mass is 35.5. The zero-order valence-electron chi connectivity index (χ0n) is 9.34. The van der Waals surface area contributed by atoms with Gasteiger partial charge in [0.1, 0.15) is 5.82 Å². The Morgan fingerprint density at radius 2 is 2.18 bits per heavy atom. The first-order chi connectivity index (χ1) is 8.04. The fourth-order valence-corrected chi connectivity index (χ4v) is 1.81. The van der Waals surface area contributed by atoms with Crippen molar-refractivity contribution in [3.63, 3.8) is 0 Å². The number of nitrogen functional groups attached to an aromatic ring is 1. The van der Waals surface area contributed by atoms with Gasteiger partial charge in [0, 0.05) is 11.6 Å². The normalized spacial score (nSPS) is 10.6. The van der Waals surface area contributed by atoms with E-state index in [0.29, 0.717) is 22.6 Å². The summed E-state index contributed by atoms with van der Waals surface area (Å²) in [6.07, 6.45) is 0. The number of anilines is 1. The third-order valence-electron chi connectivity index (χ3n) is 2.43. The Labute approximate surface area is 103 Å². The lowest BCUT2D eigenvalue weighted by Gasteiger charge is -2.10. The average molecular weight is 256 g/mol. The molecule has 4 nitrogen and oxygen atoms in total. The average Bonchev–Trinajstić information content (AvgIpc) is 2.71. The third kappa shape index (κ3) is 1.93. The number of hydrogen-bond acceptors (Lipinski definition) is 3. The van der Waals surface area contributed by atoms with Crippen molar-refractivity contribution >= 4 is 17.4 Å². The lowest BCUT2D eigenvalue weighted by molar-refractivity contribution is 0.387. The van der Waals surface area contributed by atoms with Crippen molar-refractivity contribution in [3.05, 3.63) is 28.5 Å². The summed E-state index contributed by atoms with van der Waals surface area (Å²) >= 11 is 5.95. The van der Waals surface area contributed by atoms with E-state index in [4.69, 9.17) is 22.1 Å². The number of hydrogen-bond donors (Lipinski definition) is 2. The molecular formula is C11H11ClFN3O. The maximum absolute atomic E-state index is 14.1. The Balaban J connectivity index is 2.67. The van der Waals surface area contributed by atoms with Gasteiger partial charge >= 0.3 is 0 Å². The van der Waals surface area contributed by atoms with Gasteiger partial charge in [-0.3, -0.25) is 5.10 Å². The maximum atomic E-state index is 14.1. The fraction of sp³-hybridized carbons (Fsp3) is 0.182. The second-order valence-corrected chi connectivity index (χ2v) is 3.99. The van der Waals surface area contributed by atoms with E-state index in [-0.39, 0.29) is 10.8 Å². The zero-order chi connectivity index (χ0) is 12.6. The first kappa shape index (κ1) is 11.7. The minimum Gasteiger partial charge on any atom is -0.492 e. The number of H-pyrrole nitrogens is 1. The van der Waals surface area contributed by atoms with Crippen LogP contribution in [-0.4, -0.2) is 17.3 Å². The first-order valence-electron chi connectivity index (χ1n) is 4.88. The molecule has 0 amide bonds. The van der Waals surface area contributed by atoms with Gasteiger partial charge in [-0.1, -0.05) is 11.6 Å². The zero-order valence-corrected chi connectivity index (χ0v) is 10.1. The van der Waals surface area contributed by atoms with Crippen molar-refractivity contribution in [1.29, 1.82) is 0 Å². The number of nitrogens with zero attached hydrogens (tertiary/aromatic N) is 1. The Morgan fingerprint density at radius 3 is 2.71 bits per heavy atom. The monoisotopic (exact) mass is 255 g/mol. The Bertz CT molecular complexity index is 568. The number of aryl methyl sites for hydroxylation is 1. The number of aromatic amines is 1. The predicted octanol–water partition coefficient (Wildman–Crippen LogP) is 2.77. The molecule has 0 atom stereocenters. The number of nitrogens with one attached hydrogen (secondary N) is 1. The van der Waals surface area contributed by atoms with E-state index in [1.807, 2.05) is 0 Å². The van der Waals surface area contributed by atoms with Crippen LogP contribution in [0.3, 0.4) is 0 Å². The molecule has 2 rings (SSSR count). The summed E-state index contributed by atoms with van der Waals surface area (Å²) in [6, 6.07) is 3.17. The van der Waals surface area contributed by atoms with Crippen molar-refractivity contribution < 1.29 is 9.13 Å². The number of nitrogens with two attached hydrogens (primary N) is 1. The van der Waals surface area contributed by atoms with Crippen LogP contribution in [0.4, 0.5) is 10.2 Å². The molecule has 0 aliphatic rings. The minimum absolute atomic E-state index is 0.0230. The molecule has 0 unspecified atom stereocenters. The summed E-state index contributed by atoms with van der Waals surface area (Å²) in [5.41, 5.74) is 7.01. The van der Waals surface area contributed by atoms with Crippen molar-refractivity contribution in [2.24, 2.45) is 0 Å². The Kier molecular flexibility index (Phi) is 2.93. The number of methoxy groups -OCH3 is 1. The second kappa shape index (κ2) is 4.25. The molecular weight excluding hydrogens is 245 g/mol. The van der Waals surface area contributed by atoms with Crippen LogP contribution in [0.15, 0.2) is 12.1 Å². The second-order valence-electron chi connectivity index (χ2n) is 3.61. The summed E-state index contributed by atoms with van der Waals surface area (Å²) in [5.74, 6) is -0.215. The van der Waals surface area contributed by atoms with E-state index >= 15 is 0 Å². The van der Waals surface area contributed by atoms with Crippen LogP contribution in [0.2, 0.25) is 5.02 Å². The molecule has 1 aromatic heterocycles. The first-order valence-corrected chi connectivity index (χ1v) is 5.26. The summed E-state index contributed by atoms with van der Waals surface area (Å²) in [4.78, 5) is 0. The van der Waals surface area contributed by atoms with Gasteiger partial charge in [-0.25, -0.2) is 4.39 Å². The molecule has 6 heteroatoms. The van der Waals surface area contributed by atoms with Gasteiger partial charge in [0.25, 0.3) is 0 Å². The largest absolute Gasteiger partial charge is 0.492 e. The number of ether oxygens (including phenoxy) is 1. The van der Waals surface area contributed by atoms with Crippen LogP contribution < -0.4 is 10.5 Å². The molecule has 0 aliphatic heterocycles. The van der Waals surface area contributed by atoms with Crippen LogP contribution in [0.25, 0.3) is 11.3 Å². The van der Waals surface area contributed by atoms with E-state index in [1.54, 1.807) is 19.1 Å². The van der Waals surface area contributed by atoms with Gasteiger partial charge in [-0.05, 0) is 18.6 Å². The lowest BCUT2D eigenvalue weighted by Crippen LogP contribution is -1.95. The Hall–Kier alpha value is -1.75. The van der Waals surface area contributed by atoms with E-state index in [0.717, 1.165) is 0 Å². The number of benzene rings is 1. The molecule has 17 heavy (non-hydrogen) atoms. The van der Waals surface area contributed by atoms with Gasteiger partial charge in [0.15, 0.2) is 11.6 Å². The van der Waals surface area contributed by atoms with Crippen molar-refractivity contribution in [1.82, 2.24) is 10.2 Å². The van der Waals surface area contributed by atoms with Gasteiger partial charge in [-0.15, -0.1) is 0 Å². The Morgan fingerprint density at radius 1 is 1.47 bits per heavy atom. The summed E-state index contributed by atoms with van der Waals surface area (Å²) in [6.45, 7) is 1.77. The fourth-order valence-electron chi connectivity index (χ4n) is 1.59. The summed E-state index contributed by atoms with van der Waals surface area (Å²) in [7, 11) is 1.37. The highest BCUT2D eigenvalue weighted by Gasteiger charge is 2.18.